The van der Waals surface area contributed by atoms with Gasteiger partial charge < -0.3 is 10.6 Å². The number of para-hydroxylation sites is 1. The van der Waals surface area contributed by atoms with Crippen LogP contribution >= 0.6 is 0 Å². The monoisotopic (exact) mass is 282 g/mol. The van der Waals surface area contributed by atoms with Gasteiger partial charge in [0.15, 0.2) is 9.84 Å². The number of carbonyl (C=O) groups is 2. The van der Waals surface area contributed by atoms with E-state index in [0.717, 1.165) is 0 Å². The maximum atomic E-state index is 11.6. The molecule has 0 radical (unpaired) electrons. The topological polar surface area (TPSA) is 92.3 Å². The summed E-state index contributed by atoms with van der Waals surface area (Å²) in [5.74, 6) is -1.66. The summed E-state index contributed by atoms with van der Waals surface area (Å²) in [4.78, 5) is 23.2. The molecule has 6 nitrogen and oxygen atoms in total. The molecule has 1 heterocycles. The number of nitrogens with one attached hydrogen (secondary N) is 2. The number of benzene rings is 1. The Hall–Kier alpha value is -1.89. The molecule has 2 amide bonds. The summed E-state index contributed by atoms with van der Waals surface area (Å²) in [7, 11) is -3.07. The van der Waals surface area contributed by atoms with Gasteiger partial charge in [-0.3, -0.25) is 9.59 Å². The second-order valence-electron chi connectivity index (χ2n) is 4.39. The predicted molar refractivity (Wildman–Crippen MR) is 70.3 cm³/mol. The molecule has 1 unspecified atom stereocenters. The minimum Gasteiger partial charge on any atom is -0.344 e. The van der Waals surface area contributed by atoms with Gasteiger partial charge in [-0.15, -0.1) is 0 Å². The Kier molecular flexibility index (Phi) is 3.84. The van der Waals surface area contributed by atoms with E-state index in [1.165, 1.54) is 0 Å². The molecule has 1 aromatic carbocycles. The van der Waals surface area contributed by atoms with Crippen molar-refractivity contribution in [3.63, 3.8) is 0 Å². The van der Waals surface area contributed by atoms with E-state index >= 15 is 0 Å². The first-order valence-electron chi connectivity index (χ1n) is 5.83. The second-order valence-corrected chi connectivity index (χ2v) is 6.62. The summed E-state index contributed by atoms with van der Waals surface area (Å²) < 4.78 is 22.5. The van der Waals surface area contributed by atoms with Gasteiger partial charge in [0, 0.05) is 11.7 Å². The second kappa shape index (κ2) is 5.40. The first-order valence-corrected chi connectivity index (χ1v) is 7.66. The minimum atomic E-state index is -3.07. The lowest BCUT2D eigenvalue weighted by Crippen LogP contribution is -2.42. The van der Waals surface area contributed by atoms with E-state index in [0.29, 0.717) is 12.1 Å². The van der Waals surface area contributed by atoms with Gasteiger partial charge in [-0.2, -0.15) is 0 Å². The summed E-state index contributed by atoms with van der Waals surface area (Å²) in [6.45, 7) is 0. The molecule has 1 aromatic rings. The van der Waals surface area contributed by atoms with E-state index in [-0.39, 0.29) is 11.5 Å². The number of sulfone groups is 1. The Morgan fingerprint density at radius 1 is 1.11 bits per heavy atom. The highest BCUT2D eigenvalue weighted by atomic mass is 32.2. The fourth-order valence-electron chi connectivity index (χ4n) is 1.87. The lowest BCUT2D eigenvalue weighted by Gasteiger charge is -2.10. The predicted octanol–water partition coefficient (Wildman–Crippen LogP) is -0.0716. The molecule has 1 fully saturated rings. The lowest BCUT2D eigenvalue weighted by molar-refractivity contribution is -0.136. The molecule has 1 aliphatic rings. The zero-order valence-corrected chi connectivity index (χ0v) is 10.9. The van der Waals surface area contributed by atoms with Crippen LogP contribution in [0.25, 0.3) is 0 Å². The molecule has 1 atom stereocenters. The van der Waals surface area contributed by atoms with E-state index < -0.39 is 27.7 Å². The van der Waals surface area contributed by atoms with Crippen molar-refractivity contribution in [1.82, 2.24) is 5.32 Å². The van der Waals surface area contributed by atoms with Crippen LogP contribution in [0.15, 0.2) is 30.3 Å². The summed E-state index contributed by atoms with van der Waals surface area (Å²) in [5.41, 5.74) is 0.515. The van der Waals surface area contributed by atoms with Crippen molar-refractivity contribution in [2.24, 2.45) is 0 Å². The van der Waals surface area contributed by atoms with Crippen molar-refractivity contribution < 1.29 is 18.0 Å². The highest BCUT2D eigenvalue weighted by Gasteiger charge is 2.30. The molecule has 2 N–H and O–H groups in total. The van der Waals surface area contributed by atoms with Gasteiger partial charge in [-0.05, 0) is 18.6 Å². The standard InChI is InChI=1S/C12H14N2O4S/c15-11(13-9-4-2-1-3-5-9)12(16)14-10-6-7-19(17,18)8-10/h1-5,10H,6-8H2,(H,13,15)(H,14,16). The number of hydrogen-bond acceptors (Lipinski definition) is 4. The molecule has 0 aromatic heterocycles. The Morgan fingerprint density at radius 3 is 2.37 bits per heavy atom. The summed E-state index contributed by atoms with van der Waals surface area (Å²) in [6, 6.07) is 8.10. The number of hydrogen-bond donors (Lipinski definition) is 2. The Balaban J connectivity index is 1.88. The first kappa shape index (κ1) is 13.5. The number of amides is 2. The highest BCUT2D eigenvalue weighted by Crippen LogP contribution is 2.11. The van der Waals surface area contributed by atoms with Crippen molar-refractivity contribution in [1.29, 1.82) is 0 Å². The van der Waals surface area contributed by atoms with Crippen molar-refractivity contribution in [2.75, 3.05) is 16.8 Å². The van der Waals surface area contributed by atoms with Crippen LogP contribution in [-0.2, 0) is 19.4 Å². The maximum absolute atomic E-state index is 11.6. The SMILES string of the molecule is O=C(Nc1ccccc1)C(=O)NC1CCS(=O)(=O)C1. The fourth-order valence-corrected chi connectivity index (χ4v) is 3.54. The zero-order chi connectivity index (χ0) is 13.9. The maximum Gasteiger partial charge on any atom is 0.313 e. The fraction of sp³-hybridized carbons (Fsp3) is 0.333. The molecule has 0 bridgehead atoms. The summed E-state index contributed by atoms with van der Waals surface area (Å²) >= 11 is 0. The molecular formula is C12H14N2O4S. The molecule has 2 rings (SSSR count). The smallest absolute Gasteiger partial charge is 0.313 e. The van der Waals surface area contributed by atoms with Gasteiger partial charge >= 0.3 is 11.8 Å². The van der Waals surface area contributed by atoms with Crippen LogP contribution in [0.1, 0.15) is 6.42 Å². The number of carbonyl (C=O) groups excluding carboxylic acids is 2. The molecule has 19 heavy (non-hydrogen) atoms. The molecule has 0 saturated carbocycles. The summed E-state index contributed by atoms with van der Waals surface area (Å²) in [6.07, 6.45) is 0.354. The minimum absolute atomic E-state index is 0.0538. The van der Waals surface area contributed by atoms with Gasteiger partial charge in [-0.25, -0.2) is 8.42 Å². The lowest BCUT2D eigenvalue weighted by atomic mass is 10.2. The van der Waals surface area contributed by atoms with Crippen molar-refractivity contribution in [2.45, 2.75) is 12.5 Å². The molecule has 7 heteroatoms. The average Bonchev–Trinajstić information content (AvgIpc) is 2.70. The Labute approximate surface area is 111 Å². The van der Waals surface area contributed by atoms with Crippen LogP contribution < -0.4 is 10.6 Å². The van der Waals surface area contributed by atoms with Gasteiger partial charge in [0.1, 0.15) is 0 Å². The van der Waals surface area contributed by atoms with E-state index in [2.05, 4.69) is 10.6 Å². The van der Waals surface area contributed by atoms with Crippen LogP contribution in [0, 0.1) is 0 Å². The Bertz CT molecular complexity index is 583. The normalized spacial score (nSPS) is 20.7. The van der Waals surface area contributed by atoms with Crippen LogP contribution in [0.3, 0.4) is 0 Å². The molecule has 1 aliphatic heterocycles. The number of rotatable bonds is 2. The van der Waals surface area contributed by atoms with Gasteiger partial charge in [0.2, 0.25) is 0 Å². The molecule has 0 aliphatic carbocycles. The first-order chi connectivity index (χ1) is 8.96. The van der Waals surface area contributed by atoms with Crippen LogP contribution in [-0.4, -0.2) is 37.8 Å². The quantitative estimate of drug-likeness (QED) is 0.743. The van der Waals surface area contributed by atoms with E-state index in [9.17, 15) is 18.0 Å². The number of anilines is 1. The molecular weight excluding hydrogens is 268 g/mol. The third-order valence-electron chi connectivity index (χ3n) is 2.81. The highest BCUT2D eigenvalue weighted by molar-refractivity contribution is 7.91. The van der Waals surface area contributed by atoms with Gasteiger partial charge in [0.25, 0.3) is 0 Å². The Morgan fingerprint density at radius 2 is 1.79 bits per heavy atom. The van der Waals surface area contributed by atoms with Crippen LogP contribution in [0.2, 0.25) is 0 Å². The van der Waals surface area contributed by atoms with Crippen molar-refractivity contribution in [3.05, 3.63) is 30.3 Å². The van der Waals surface area contributed by atoms with Gasteiger partial charge in [-0.1, -0.05) is 18.2 Å². The van der Waals surface area contributed by atoms with Gasteiger partial charge in [0.05, 0.1) is 11.5 Å². The average molecular weight is 282 g/mol. The van der Waals surface area contributed by atoms with E-state index in [4.69, 9.17) is 0 Å². The third kappa shape index (κ3) is 3.78. The largest absolute Gasteiger partial charge is 0.344 e. The molecule has 102 valence electrons. The van der Waals surface area contributed by atoms with E-state index in [1.54, 1.807) is 30.3 Å². The molecule has 0 spiro atoms. The zero-order valence-electron chi connectivity index (χ0n) is 10.1. The van der Waals surface area contributed by atoms with Crippen molar-refractivity contribution >= 4 is 27.3 Å². The van der Waals surface area contributed by atoms with Crippen LogP contribution in [0.4, 0.5) is 5.69 Å². The summed E-state index contributed by atoms with van der Waals surface area (Å²) in [5, 5.41) is 4.86. The third-order valence-corrected chi connectivity index (χ3v) is 4.57. The van der Waals surface area contributed by atoms with Crippen LogP contribution in [0.5, 0.6) is 0 Å². The molecule has 1 saturated heterocycles. The van der Waals surface area contributed by atoms with Crippen molar-refractivity contribution in [3.8, 4) is 0 Å². The van der Waals surface area contributed by atoms with E-state index in [1.807, 2.05) is 0 Å².